The molecule has 1 saturated heterocycles. The number of anilines is 1. The first-order chi connectivity index (χ1) is 8.99. The first kappa shape index (κ1) is 14.3. The van der Waals surface area contributed by atoms with Crippen LogP contribution >= 0.6 is 0 Å². The Hall–Kier alpha value is -1.09. The average Bonchev–Trinajstić information content (AvgIpc) is 2.84. The van der Waals surface area contributed by atoms with E-state index in [1.165, 1.54) is 37.2 Å². The zero-order valence-corrected chi connectivity index (χ0v) is 12.7. The van der Waals surface area contributed by atoms with Gasteiger partial charge in [-0.25, -0.2) is 0 Å². The lowest BCUT2D eigenvalue weighted by molar-refractivity contribution is 0.424. The summed E-state index contributed by atoms with van der Waals surface area (Å²) in [6.45, 7) is 12.2. The van der Waals surface area contributed by atoms with Gasteiger partial charge in [-0.3, -0.25) is 4.98 Å². The van der Waals surface area contributed by atoms with Crippen molar-refractivity contribution < 1.29 is 0 Å². The van der Waals surface area contributed by atoms with E-state index >= 15 is 0 Å². The van der Waals surface area contributed by atoms with Crippen molar-refractivity contribution in [1.29, 1.82) is 0 Å². The molecule has 0 saturated carbocycles. The Morgan fingerprint density at radius 1 is 1.42 bits per heavy atom. The monoisotopic (exact) mass is 261 g/mol. The molecule has 1 aliphatic rings. The summed E-state index contributed by atoms with van der Waals surface area (Å²) < 4.78 is 0. The highest BCUT2D eigenvalue weighted by Crippen LogP contribution is 2.27. The van der Waals surface area contributed by atoms with Gasteiger partial charge in [-0.15, -0.1) is 0 Å². The van der Waals surface area contributed by atoms with E-state index in [4.69, 9.17) is 0 Å². The van der Waals surface area contributed by atoms with Crippen LogP contribution in [0.1, 0.15) is 46.1 Å². The lowest BCUT2D eigenvalue weighted by Crippen LogP contribution is -2.35. The smallest absolute Gasteiger partial charge is 0.0598 e. The lowest BCUT2D eigenvalue weighted by Gasteiger charge is -2.25. The van der Waals surface area contributed by atoms with Gasteiger partial charge in [0.15, 0.2) is 0 Å². The number of aromatic nitrogens is 1. The minimum atomic E-state index is 0.150. The van der Waals surface area contributed by atoms with Gasteiger partial charge >= 0.3 is 0 Å². The third kappa shape index (κ3) is 3.93. The van der Waals surface area contributed by atoms with Gasteiger partial charge in [0.25, 0.3) is 0 Å². The molecule has 2 heterocycles. The Morgan fingerprint density at radius 2 is 2.21 bits per heavy atom. The summed E-state index contributed by atoms with van der Waals surface area (Å²) in [5.41, 5.74) is 2.83. The second kappa shape index (κ2) is 5.91. The van der Waals surface area contributed by atoms with Crippen LogP contribution in [0.25, 0.3) is 0 Å². The van der Waals surface area contributed by atoms with E-state index < -0.39 is 0 Å². The molecule has 0 bridgehead atoms. The van der Waals surface area contributed by atoms with Gasteiger partial charge in [-0.05, 0) is 44.7 Å². The third-order valence-electron chi connectivity index (χ3n) is 3.90. The van der Waals surface area contributed by atoms with Gasteiger partial charge in [0.1, 0.15) is 0 Å². The second-order valence-corrected chi connectivity index (χ2v) is 6.62. The summed E-state index contributed by atoms with van der Waals surface area (Å²) in [7, 11) is 0. The molecular formula is C16H27N3. The SMILES string of the molecule is CCC1CCN(c2cnccc2CNC(C)(C)C)C1. The molecular weight excluding hydrogens is 234 g/mol. The fourth-order valence-corrected chi connectivity index (χ4v) is 2.59. The van der Waals surface area contributed by atoms with Crippen LogP contribution in [0.15, 0.2) is 18.5 Å². The van der Waals surface area contributed by atoms with Crippen molar-refractivity contribution in [2.45, 2.75) is 52.6 Å². The highest BCUT2D eigenvalue weighted by atomic mass is 15.2. The maximum absolute atomic E-state index is 4.32. The van der Waals surface area contributed by atoms with Crippen LogP contribution in [0.2, 0.25) is 0 Å². The van der Waals surface area contributed by atoms with Gasteiger partial charge in [0.2, 0.25) is 0 Å². The van der Waals surface area contributed by atoms with Crippen LogP contribution in [0.3, 0.4) is 0 Å². The zero-order chi connectivity index (χ0) is 13.9. The Labute approximate surface area is 117 Å². The average molecular weight is 261 g/mol. The van der Waals surface area contributed by atoms with Crippen molar-refractivity contribution in [1.82, 2.24) is 10.3 Å². The van der Waals surface area contributed by atoms with Crippen LogP contribution in [0.4, 0.5) is 5.69 Å². The minimum absolute atomic E-state index is 0.150. The molecule has 3 nitrogen and oxygen atoms in total. The van der Waals surface area contributed by atoms with Gasteiger partial charge in [0.05, 0.1) is 11.9 Å². The maximum atomic E-state index is 4.32. The van der Waals surface area contributed by atoms with Crippen molar-refractivity contribution in [3.8, 4) is 0 Å². The molecule has 0 aliphatic carbocycles. The first-order valence-electron chi connectivity index (χ1n) is 7.42. The number of hydrogen-bond donors (Lipinski definition) is 1. The van der Waals surface area contributed by atoms with Crippen LogP contribution < -0.4 is 10.2 Å². The molecule has 1 fully saturated rings. The Bertz CT molecular complexity index is 409. The summed E-state index contributed by atoms with van der Waals surface area (Å²) in [4.78, 5) is 6.82. The normalized spacial score (nSPS) is 20.0. The molecule has 0 radical (unpaired) electrons. The largest absolute Gasteiger partial charge is 0.370 e. The summed E-state index contributed by atoms with van der Waals surface area (Å²) in [5.74, 6) is 0.851. The molecule has 1 aromatic heterocycles. The zero-order valence-electron chi connectivity index (χ0n) is 12.7. The van der Waals surface area contributed by atoms with Gasteiger partial charge in [-0.2, -0.15) is 0 Å². The van der Waals surface area contributed by atoms with Crippen molar-refractivity contribution >= 4 is 5.69 Å². The summed E-state index contributed by atoms with van der Waals surface area (Å²) >= 11 is 0. The standard InChI is InChI=1S/C16H27N3/c1-5-13-7-9-19(12-13)15-11-17-8-6-14(15)10-18-16(2,3)4/h6,8,11,13,18H,5,7,9-10,12H2,1-4H3. The molecule has 0 spiro atoms. The molecule has 0 aromatic carbocycles. The van der Waals surface area contributed by atoms with Crippen molar-refractivity contribution in [3.63, 3.8) is 0 Å². The fourth-order valence-electron chi connectivity index (χ4n) is 2.59. The Morgan fingerprint density at radius 3 is 2.84 bits per heavy atom. The minimum Gasteiger partial charge on any atom is -0.370 e. The van der Waals surface area contributed by atoms with Gasteiger partial charge < -0.3 is 10.2 Å². The molecule has 3 heteroatoms. The van der Waals surface area contributed by atoms with Crippen LogP contribution in [0.5, 0.6) is 0 Å². The predicted octanol–water partition coefficient (Wildman–Crippen LogP) is 3.21. The summed E-state index contributed by atoms with van der Waals surface area (Å²) in [6.07, 6.45) is 6.53. The quantitative estimate of drug-likeness (QED) is 0.902. The van der Waals surface area contributed by atoms with Gasteiger partial charge in [-0.1, -0.05) is 13.3 Å². The molecule has 1 atom stereocenters. The highest BCUT2D eigenvalue weighted by Gasteiger charge is 2.23. The second-order valence-electron chi connectivity index (χ2n) is 6.62. The van der Waals surface area contributed by atoms with Crippen LogP contribution in [-0.2, 0) is 6.54 Å². The number of nitrogens with one attached hydrogen (secondary N) is 1. The number of rotatable bonds is 4. The topological polar surface area (TPSA) is 28.2 Å². The number of pyridine rings is 1. The molecule has 1 aromatic rings. The molecule has 1 N–H and O–H groups in total. The van der Waals surface area contributed by atoms with Crippen molar-refractivity contribution in [2.24, 2.45) is 5.92 Å². The van der Waals surface area contributed by atoms with E-state index in [1.807, 2.05) is 12.4 Å². The fraction of sp³-hybridized carbons (Fsp3) is 0.688. The molecule has 0 amide bonds. The number of nitrogens with zero attached hydrogens (tertiary/aromatic N) is 2. The van der Waals surface area contributed by atoms with E-state index in [0.717, 1.165) is 12.5 Å². The predicted molar refractivity (Wildman–Crippen MR) is 81.4 cm³/mol. The third-order valence-corrected chi connectivity index (χ3v) is 3.90. The van der Waals surface area contributed by atoms with E-state index in [2.05, 4.69) is 49.0 Å². The van der Waals surface area contributed by atoms with E-state index in [1.54, 1.807) is 0 Å². The summed E-state index contributed by atoms with van der Waals surface area (Å²) in [6, 6.07) is 2.15. The van der Waals surface area contributed by atoms with Crippen LogP contribution in [0, 0.1) is 5.92 Å². The molecule has 1 aliphatic heterocycles. The van der Waals surface area contributed by atoms with E-state index in [0.29, 0.717) is 0 Å². The molecule has 106 valence electrons. The van der Waals surface area contributed by atoms with Gasteiger partial charge in [0, 0.05) is 31.4 Å². The lowest BCUT2D eigenvalue weighted by atomic mass is 10.1. The highest BCUT2D eigenvalue weighted by molar-refractivity contribution is 5.52. The van der Waals surface area contributed by atoms with Crippen molar-refractivity contribution in [2.75, 3.05) is 18.0 Å². The molecule has 19 heavy (non-hydrogen) atoms. The molecule has 2 rings (SSSR count). The maximum Gasteiger partial charge on any atom is 0.0598 e. The van der Waals surface area contributed by atoms with Crippen LogP contribution in [-0.4, -0.2) is 23.6 Å². The van der Waals surface area contributed by atoms with Crippen molar-refractivity contribution in [3.05, 3.63) is 24.0 Å². The molecule has 1 unspecified atom stereocenters. The van der Waals surface area contributed by atoms with E-state index in [9.17, 15) is 0 Å². The first-order valence-corrected chi connectivity index (χ1v) is 7.42. The summed E-state index contributed by atoms with van der Waals surface area (Å²) in [5, 5.41) is 3.57. The Kier molecular flexibility index (Phi) is 4.46. The van der Waals surface area contributed by atoms with E-state index in [-0.39, 0.29) is 5.54 Å². The Balaban J connectivity index is 2.08. The number of hydrogen-bond acceptors (Lipinski definition) is 3.